The van der Waals surface area contributed by atoms with Gasteiger partial charge in [-0.15, -0.1) is 11.3 Å². The maximum atomic E-state index is 14.0. The van der Waals surface area contributed by atoms with Gasteiger partial charge in [0.25, 0.3) is 5.91 Å². The quantitative estimate of drug-likeness (QED) is 0.721. The summed E-state index contributed by atoms with van der Waals surface area (Å²) in [5.41, 5.74) is 9.88. The van der Waals surface area contributed by atoms with E-state index in [2.05, 4.69) is 6.07 Å². The number of amides is 1. The number of piperazine rings is 1. The van der Waals surface area contributed by atoms with Gasteiger partial charge in [-0.25, -0.2) is 9.37 Å². The molecule has 1 aliphatic carbocycles. The number of carbonyl (C=O) groups is 1. The van der Waals surface area contributed by atoms with Gasteiger partial charge in [0.05, 0.1) is 11.4 Å². The highest BCUT2D eigenvalue weighted by Gasteiger charge is 2.27. The van der Waals surface area contributed by atoms with E-state index in [1.807, 2.05) is 15.9 Å². The zero-order valence-electron chi connectivity index (χ0n) is 15.4. The molecule has 0 bridgehead atoms. The molecule has 7 heteroatoms. The summed E-state index contributed by atoms with van der Waals surface area (Å²) in [5, 5.41) is 0.902. The Morgan fingerprint density at radius 2 is 1.93 bits per heavy atom. The van der Waals surface area contributed by atoms with Crippen LogP contribution in [0.25, 0.3) is 10.2 Å². The number of fused-ring (bicyclic) bond motifs is 2. The number of anilines is 2. The van der Waals surface area contributed by atoms with E-state index in [0.717, 1.165) is 35.2 Å². The van der Waals surface area contributed by atoms with Crippen molar-refractivity contribution >= 4 is 38.8 Å². The highest BCUT2D eigenvalue weighted by molar-refractivity contribution is 7.21. The summed E-state index contributed by atoms with van der Waals surface area (Å²) in [4.78, 5) is 23.1. The van der Waals surface area contributed by atoms with Gasteiger partial charge in [0.2, 0.25) is 0 Å². The number of nitrogen functional groups attached to an aromatic ring is 1. The first-order valence-electron chi connectivity index (χ1n) is 9.61. The highest BCUT2D eigenvalue weighted by Crippen LogP contribution is 2.36. The third-order valence-corrected chi connectivity index (χ3v) is 6.81. The molecule has 28 heavy (non-hydrogen) atoms. The molecule has 1 aromatic carbocycles. The van der Waals surface area contributed by atoms with E-state index in [0.29, 0.717) is 42.4 Å². The van der Waals surface area contributed by atoms with Gasteiger partial charge in [0, 0.05) is 37.3 Å². The summed E-state index contributed by atoms with van der Waals surface area (Å²) in [6, 6.07) is 8.88. The van der Waals surface area contributed by atoms with Crippen LogP contribution in [0.2, 0.25) is 0 Å². The number of hydrogen-bond donors (Lipinski definition) is 1. The lowest BCUT2D eigenvalue weighted by Crippen LogP contribution is -2.49. The number of nitrogens with two attached hydrogens (primary N) is 1. The van der Waals surface area contributed by atoms with Crippen LogP contribution in [0.15, 0.2) is 30.3 Å². The molecule has 0 radical (unpaired) electrons. The van der Waals surface area contributed by atoms with E-state index in [-0.39, 0.29) is 11.7 Å². The summed E-state index contributed by atoms with van der Waals surface area (Å²) in [6.45, 7) is 2.30. The van der Waals surface area contributed by atoms with Crippen molar-refractivity contribution in [3.8, 4) is 0 Å². The molecule has 1 fully saturated rings. The predicted octanol–water partition coefficient (Wildman–Crippen LogP) is 3.47. The number of benzene rings is 1. The van der Waals surface area contributed by atoms with Crippen LogP contribution in [0.3, 0.4) is 0 Å². The summed E-state index contributed by atoms with van der Waals surface area (Å²) in [6.07, 6.45) is 3.18. The molecule has 3 heterocycles. The van der Waals surface area contributed by atoms with Crippen LogP contribution in [-0.4, -0.2) is 42.0 Å². The fourth-order valence-electron chi connectivity index (χ4n) is 4.16. The van der Waals surface area contributed by atoms with E-state index in [1.54, 1.807) is 12.1 Å². The monoisotopic (exact) mass is 396 g/mol. The highest BCUT2D eigenvalue weighted by atomic mass is 32.1. The number of carbonyl (C=O) groups excluding carboxylic acids is 1. The molecule has 2 N–H and O–H groups in total. The fourth-order valence-corrected chi connectivity index (χ4v) is 5.22. The number of para-hydroxylation sites is 1. The number of aromatic nitrogens is 1. The second-order valence-corrected chi connectivity index (χ2v) is 8.38. The Bertz CT molecular complexity index is 1070. The lowest BCUT2D eigenvalue weighted by Gasteiger charge is -2.36. The molecule has 2 aromatic heterocycles. The Balaban J connectivity index is 1.36. The van der Waals surface area contributed by atoms with Crippen LogP contribution >= 0.6 is 11.3 Å². The fraction of sp³-hybridized carbons (Fsp3) is 0.333. The Hall–Kier alpha value is -2.67. The number of pyridine rings is 1. The van der Waals surface area contributed by atoms with Crippen molar-refractivity contribution in [2.75, 3.05) is 36.8 Å². The maximum absolute atomic E-state index is 14.0. The van der Waals surface area contributed by atoms with Crippen LogP contribution in [0.5, 0.6) is 0 Å². The SMILES string of the molecule is Nc1c(C(=O)N2CCN(c3ccccc3F)CC2)sc2nc3c(cc12)CCC3. The topological polar surface area (TPSA) is 62.5 Å². The number of rotatable bonds is 2. The number of aryl methyl sites for hydroxylation is 2. The second kappa shape index (κ2) is 6.74. The number of thiophene rings is 1. The van der Waals surface area contributed by atoms with Gasteiger partial charge >= 0.3 is 0 Å². The van der Waals surface area contributed by atoms with Crippen LogP contribution in [0.1, 0.15) is 27.3 Å². The van der Waals surface area contributed by atoms with Crippen LogP contribution in [0.4, 0.5) is 15.8 Å². The molecular weight excluding hydrogens is 375 g/mol. The number of halogens is 1. The maximum Gasteiger partial charge on any atom is 0.266 e. The van der Waals surface area contributed by atoms with Gasteiger partial charge in [-0.1, -0.05) is 12.1 Å². The molecule has 1 amide bonds. The molecule has 0 atom stereocenters. The van der Waals surface area contributed by atoms with Gasteiger partial charge in [-0.05, 0) is 43.0 Å². The van der Waals surface area contributed by atoms with Crippen molar-refractivity contribution in [1.29, 1.82) is 0 Å². The standard InChI is InChI=1S/C21H21FN4OS/c22-15-5-1-2-7-17(15)25-8-10-26(11-9-25)21(27)19-18(23)14-12-13-4-3-6-16(13)24-20(14)28-19/h1-2,5,7,12H,3-4,6,8-11,23H2. The molecule has 0 unspecified atom stereocenters. The van der Waals surface area contributed by atoms with Crippen LogP contribution < -0.4 is 10.6 Å². The minimum atomic E-state index is -0.227. The molecule has 3 aromatic rings. The third-order valence-electron chi connectivity index (χ3n) is 5.70. The minimum Gasteiger partial charge on any atom is -0.397 e. The summed E-state index contributed by atoms with van der Waals surface area (Å²) >= 11 is 1.39. The van der Waals surface area contributed by atoms with Crippen LogP contribution in [0, 0.1) is 5.82 Å². The van der Waals surface area contributed by atoms with Gasteiger partial charge in [0.1, 0.15) is 15.5 Å². The van der Waals surface area contributed by atoms with Crippen molar-refractivity contribution in [2.45, 2.75) is 19.3 Å². The lowest BCUT2D eigenvalue weighted by atomic mass is 10.1. The van der Waals surface area contributed by atoms with Gasteiger partial charge in [-0.3, -0.25) is 4.79 Å². The first-order chi connectivity index (χ1) is 13.6. The molecular formula is C21H21FN4OS. The Morgan fingerprint density at radius 1 is 1.14 bits per heavy atom. The molecule has 2 aliphatic rings. The Kier molecular flexibility index (Phi) is 4.19. The molecule has 5 nitrogen and oxygen atoms in total. The van der Waals surface area contributed by atoms with E-state index >= 15 is 0 Å². The van der Waals surface area contributed by atoms with Crippen molar-refractivity contribution in [2.24, 2.45) is 0 Å². The first-order valence-corrected chi connectivity index (χ1v) is 10.4. The lowest BCUT2D eigenvalue weighted by molar-refractivity contribution is 0.0752. The van der Waals surface area contributed by atoms with Crippen molar-refractivity contribution in [3.63, 3.8) is 0 Å². The molecule has 1 saturated heterocycles. The average molecular weight is 396 g/mol. The molecule has 5 rings (SSSR count). The minimum absolute atomic E-state index is 0.0474. The number of nitrogens with zero attached hydrogens (tertiary/aromatic N) is 3. The third kappa shape index (κ3) is 2.81. The van der Waals surface area contributed by atoms with E-state index in [4.69, 9.17) is 10.7 Å². The predicted molar refractivity (Wildman–Crippen MR) is 111 cm³/mol. The van der Waals surface area contributed by atoms with E-state index in [9.17, 15) is 9.18 Å². The summed E-state index contributed by atoms with van der Waals surface area (Å²) in [5.74, 6) is -0.274. The zero-order valence-corrected chi connectivity index (χ0v) is 16.3. The molecule has 0 saturated carbocycles. The van der Waals surface area contributed by atoms with Crippen molar-refractivity contribution < 1.29 is 9.18 Å². The normalized spacial score (nSPS) is 16.6. The Morgan fingerprint density at radius 3 is 2.71 bits per heavy atom. The number of hydrogen-bond acceptors (Lipinski definition) is 5. The average Bonchev–Trinajstić information content (AvgIpc) is 3.30. The first kappa shape index (κ1) is 17.4. The summed E-state index contributed by atoms with van der Waals surface area (Å²) < 4.78 is 14.0. The summed E-state index contributed by atoms with van der Waals surface area (Å²) in [7, 11) is 0. The van der Waals surface area contributed by atoms with Crippen LogP contribution in [-0.2, 0) is 12.8 Å². The van der Waals surface area contributed by atoms with Gasteiger partial charge < -0.3 is 15.5 Å². The van der Waals surface area contributed by atoms with Gasteiger partial charge in [-0.2, -0.15) is 0 Å². The molecule has 0 spiro atoms. The van der Waals surface area contributed by atoms with Crippen molar-refractivity contribution in [1.82, 2.24) is 9.88 Å². The molecule has 144 valence electrons. The Labute approximate surface area is 166 Å². The van der Waals surface area contributed by atoms with E-state index in [1.165, 1.54) is 23.0 Å². The smallest absolute Gasteiger partial charge is 0.266 e. The second-order valence-electron chi connectivity index (χ2n) is 7.38. The van der Waals surface area contributed by atoms with E-state index < -0.39 is 0 Å². The zero-order chi connectivity index (χ0) is 19.3. The largest absolute Gasteiger partial charge is 0.397 e. The molecule has 1 aliphatic heterocycles. The van der Waals surface area contributed by atoms with Crippen molar-refractivity contribution in [3.05, 3.63) is 52.3 Å². The van der Waals surface area contributed by atoms with Gasteiger partial charge in [0.15, 0.2) is 0 Å².